The Hall–Kier alpha value is -1.16. The van der Waals surface area contributed by atoms with Crippen molar-refractivity contribution in [2.24, 2.45) is 0 Å². The summed E-state index contributed by atoms with van der Waals surface area (Å²) in [4.78, 5) is 10.1. The van der Waals surface area contributed by atoms with Crippen molar-refractivity contribution in [1.29, 1.82) is 0 Å². The molecule has 0 aromatic heterocycles. The van der Waals surface area contributed by atoms with E-state index in [9.17, 15) is 10.1 Å². The van der Waals surface area contributed by atoms with Crippen LogP contribution in [0.5, 0.6) is 0 Å². The summed E-state index contributed by atoms with van der Waals surface area (Å²) < 4.78 is 0.477. The van der Waals surface area contributed by atoms with E-state index < -0.39 is 4.92 Å². The zero-order valence-electron chi connectivity index (χ0n) is 6.16. The molecule has 0 atom stereocenters. The summed E-state index contributed by atoms with van der Waals surface area (Å²) in [6.07, 6.45) is 1.46. The minimum atomic E-state index is -0.429. The fraction of sp³-hybridized carbons (Fsp3) is 0. The van der Waals surface area contributed by atoms with Crippen molar-refractivity contribution in [3.05, 3.63) is 44.9 Å². The number of hydrogen-bond acceptors (Lipinski definition) is 2. The van der Waals surface area contributed by atoms with Crippen LogP contribution in [-0.4, -0.2) is 4.92 Å². The van der Waals surface area contributed by atoms with Gasteiger partial charge in [-0.25, -0.2) is 0 Å². The Balaban J connectivity index is 3.39. The molecule has 1 rings (SSSR count). The van der Waals surface area contributed by atoms with Crippen molar-refractivity contribution in [3.63, 3.8) is 0 Å². The SMILES string of the molecule is C=Cc1cccc(Br)c1[N+](=O)[O-]. The molecule has 0 saturated carbocycles. The number of para-hydroxylation sites is 1. The molecule has 0 unspecified atom stereocenters. The average Bonchev–Trinajstić information content (AvgIpc) is 2.03. The number of nitro groups is 1. The molecule has 1 aromatic rings. The third kappa shape index (κ3) is 1.53. The highest BCUT2D eigenvalue weighted by molar-refractivity contribution is 9.10. The molecule has 0 aliphatic rings. The average molecular weight is 228 g/mol. The minimum Gasteiger partial charge on any atom is -0.258 e. The van der Waals surface area contributed by atoms with E-state index in [4.69, 9.17) is 0 Å². The molecule has 12 heavy (non-hydrogen) atoms. The first-order valence-electron chi connectivity index (χ1n) is 3.22. The quantitative estimate of drug-likeness (QED) is 0.576. The first kappa shape index (κ1) is 8.93. The fourth-order valence-electron chi connectivity index (χ4n) is 0.889. The van der Waals surface area contributed by atoms with E-state index in [1.54, 1.807) is 18.2 Å². The van der Waals surface area contributed by atoms with Crippen molar-refractivity contribution in [3.8, 4) is 0 Å². The maximum atomic E-state index is 10.5. The van der Waals surface area contributed by atoms with Crippen LogP contribution in [0.2, 0.25) is 0 Å². The molecule has 62 valence electrons. The van der Waals surface area contributed by atoms with Crippen molar-refractivity contribution in [2.75, 3.05) is 0 Å². The Bertz CT molecular complexity index is 336. The number of hydrogen-bond donors (Lipinski definition) is 0. The van der Waals surface area contributed by atoms with E-state index in [0.717, 1.165) is 0 Å². The van der Waals surface area contributed by atoms with Crippen LogP contribution in [0.3, 0.4) is 0 Å². The summed E-state index contributed by atoms with van der Waals surface area (Å²) in [5.74, 6) is 0. The standard InChI is InChI=1S/C8H6BrNO2/c1-2-6-4-3-5-7(9)8(6)10(11)12/h2-5H,1H2. The van der Waals surface area contributed by atoms with Crippen LogP contribution in [0.1, 0.15) is 5.56 Å². The Labute approximate surface area is 78.0 Å². The third-order valence-electron chi connectivity index (χ3n) is 1.42. The highest BCUT2D eigenvalue weighted by atomic mass is 79.9. The van der Waals surface area contributed by atoms with E-state index >= 15 is 0 Å². The van der Waals surface area contributed by atoms with Crippen LogP contribution in [0.25, 0.3) is 6.08 Å². The lowest BCUT2D eigenvalue weighted by molar-refractivity contribution is -0.385. The van der Waals surface area contributed by atoms with Gasteiger partial charge in [0.1, 0.15) is 0 Å². The molecule has 0 aliphatic heterocycles. The Morgan fingerprint density at radius 3 is 2.67 bits per heavy atom. The Morgan fingerprint density at radius 2 is 2.25 bits per heavy atom. The number of nitrogens with zero attached hydrogens (tertiary/aromatic N) is 1. The molecule has 0 aliphatic carbocycles. The molecule has 0 amide bonds. The Kier molecular flexibility index (Phi) is 2.60. The molecule has 0 N–H and O–H groups in total. The lowest BCUT2D eigenvalue weighted by Crippen LogP contribution is -1.92. The van der Waals surface area contributed by atoms with Crippen molar-refractivity contribution in [2.45, 2.75) is 0 Å². The fourth-order valence-corrected chi connectivity index (χ4v) is 1.42. The summed E-state index contributed by atoms with van der Waals surface area (Å²) in [6, 6.07) is 5.01. The van der Waals surface area contributed by atoms with Gasteiger partial charge in [-0.2, -0.15) is 0 Å². The number of benzene rings is 1. The predicted molar refractivity (Wildman–Crippen MR) is 50.9 cm³/mol. The summed E-state index contributed by atoms with van der Waals surface area (Å²) in [6.45, 7) is 3.49. The molecule has 0 saturated heterocycles. The van der Waals surface area contributed by atoms with Gasteiger partial charge >= 0.3 is 0 Å². The molecule has 0 fully saturated rings. The lowest BCUT2D eigenvalue weighted by Gasteiger charge is -1.97. The van der Waals surface area contributed by atoms with Gasteiger partial charge in [-0.05, 0) is 28.1 Å². The highest BCUT2D eigenvalue weighted by Crippen LogP contribution is 2.28. The molecular formula is C8H6BrNO2. The molecule has 0 radical (unpaired) electrons. The smallest absolute Gasteiger partial charge is 0.258 e. The van der Waals surface area contributed by atoms with Gasteiger partial charge in [0.15, 0.2) is 0 Å². The lowest BCUT2D eigenvalue weighted by atomic mass is 10.2. The highest BCUT2D eigenvalue weighted by Gasteiger charge is 2.14. The largest absolute Gasteiger partial charge is 0.290 e. The Morgan fingerprint density at radius 1 is 1.58 bits per heavy atom. The maximum Gasteiger partial charge on any atom is 0.290 e. The van der Waals surface area contributed by atoms with Crippen LogP contribution in [0, 0.1) is 10.1 Å². The van der Waals surface area contributed by atoms with E-state index in [1.807, 2.05) is 0 Å². The maximum absolute atomic E-state index is 10.5. The van der Waals surface area contributed by atoms with Gasteiger partial charge in [0.2, 0.25) is 0 Å². The summed E-state index contributed by atoms with van der Waals surface area (Å²) >= 11 is 3.10. The van der Waals surface area contributed by atoms with Gasteiger partial charge in [0.25, 0.3) is 5.69 Å². The van der Waals surface area contributed by atoms with Gasteiger partial charge in [0.05, 0.1) is 15.0 Å². The zero-order valence-corrected chi connectivity index (χ0v) is 7.74. The van der Waals surface area contributed by atoms with Gasteiger partial charge in [-0.15, -0.1) is 0 Å². The number of nitro benzene ring substituents is 1. The van der Waals surface area contributed by atoms with Gasteiger partial charge in [-0.3, -0.25) is 10.1 Å². The summed E-state index contributed by atoms with van der Waals surface area (Å²) in [5.41, 5.74) is 0.585. The second kappa shape index (κ2) is 3.49. The molecule has 4 heteroatoms. The van der Waals surface area contributed by atoms with Crippen LogP contribution < -0.4 is 0 Å². The summed E-state index contributed by atoms with van der Waals surface area (Å²) in [7, 11) is 0. The predicted octanol–water partition coefficient (Wildman–Crippen LogP) is 3.00. The molecule has 3 nitrogen and oxygen atoms in total. The first-order valence-corrected chi connectivity index (χ1v) is 4.01. The van der Waals surface area contributed by atoms with Crippen molar-refractivity contribution < 1.29 is 4.92 Å². The third-order valence-corrected chi connectivity index (χ3v) is 2.06. The summed E-state index contributed by atoms with van der Waals surface area (Å²) in [5, 5.41) is 10.5. The number of rotatable bonds is 2. The normalized spacial score (nSPS) is 9.42. The monoisotopic (exact) mass is 227 g/mol. The number of halogens is 1. The van der Waals surface area contributed by atoms with Crippen molar-refractivity contribution in [1.82, 2.24) is 0 Å². The second-order valence-corrected chi connectivity index (χ2v) is 2.99. The van der Waals surface area contributed by atoms with Gasteiger partial charge in [0, 0.05) is 0 Å². The van der Waals surface area contributed by atoms with Crippen LogP contribution >= 0.6 is 15.9 Å². The van der Waals surface area contributed by atoms with E-state index in [0.29, 0.717) is 10.0 Å². The minimum absolute atomic E-state index is 0.0625. The van der Waals surface area contributed by atoms with E-state index in [2.05, 4.69) is 22.5 Å². The van der Waals surface area contributed by atoms with E-state index in [1.165, 1.54) is 6.08 Å². The molecule has 0 heterocycles. The van der Waals surface area contributed by atoms with Crippen LogP contribution in [0.4, 0.5) is 5.69 Å². The second-order valence-electron chi connectivity index (χ2n) is 2.14. The zero-order chi connectivity index (χ0) is 9.14. The van der Waals surface area contributed by atoms with Crippen LogP contribution in [-0.2, 0) is 0 Å². The van der Waals surface area contributed by atoms with Crippen LogP contribution in [0.15, 0.2) is 29.3 Å². The molecule has 1 aromatic carbocycles. The molecule has 0 bridgehead atoms. The molecular weight excluding hydrogens is 222 g/mol. The van der Waals surface area contributed by atoms with Crippen molar-refractivity contribution >= 4 is 27.7 Å². The van der Waals surface area contributed by atoms with Gasteiger partial charge < -0.3 is 0 Å². The van der Waals surface area contributed by atoms with Gasteiger partial charge in [-0.1, -0.05) is 18.7 Å². The van der Waals surface area contributed by atoms with E-state index in [-0.39, 0.29) is 5.69 Å². The molecule has 0 spiro atoms. The topological polar surface area (TPSA) is 43.1 Å². The first-order chi connectivity index (χ1) is 5.66.